The van der Waals surface area contributed by atoms with Crippen LogP contribution in [0.2, 0.25) is 10.0 Å². The summed E-state index contributed by atoms with van der Waals surface area (Å²) in [4.78, 5) is 4.23. The maximum absolute atomic E-state index is 6.09. The van der Waals surface area contributed by atoms with Crippen molar-refractivity contribution in [2.24, 2.45) is 0 Å². The molecule has 1 N–H and O–H groups in total. The summed E-state index contributed by atoms with van der Waals surface area (Å²) in [5, 5.41) is 4.33. The van der Waals surface area contributed by atoms with Gasteiger partial charge in [0.05, 0.1) is 17.3 Å². The van der Waals surface area contributed by atoms with Crippen LogP contribution in [-0.2, 0) is 11.3 Å². The van der Waals surface area contributed by atoms with Gasteiger partial charge >= 0.3 is 0 Å². The molecule has 1 heterocycles. The molecule has 0 saturated heterocycles. The van der Waals surface area contributed by atoms with Crippen LogP contribution in [0.5, 0.6) is 0 Å². The molecule has 0 fully saturated rings. The summed E-state index contributed by atoms with van der Waals surface area (Å²) in [6, 6.07) is 5.28. The standard InChI is InChI=1S/C12H13Cl2N3O/c1-18-7-6-17-5-4-15-12(17)16-11-3-2-9(13)8-10(11)14/h2-5,8H,6-7H2,1H3,(H,15,16). The van der Waals surface area contributed by atoms with Crippen molar-refractivity contribution in [3.8, 4) is 0 Å². The van der Waals surface area contributed by atoms with Gasteiger partial charge in [0.2, 0.25) is 5.95 Å². The molecule has 0 aliphatic heterocycles. The molecule has 4 nitrogen and oxygen atoms in total. The highest BCUT2D eigenvalue weighted by atomic mass is 35.5. The van der Waals surface area contributed by atoms with Crippen molar-refractivity contribution in [2.45, 2.75) is 6.54 Å². The molecular weight excluding hydrogens is 273 g/mol. The second kappa shape index (κ2) is 6.09. The Labute approximate surface area is 115 Å². The van der Waals surface area contributed by atoms with Crippen LogP contribution in [0.15, 0.2) is 30.6 Å². The highest BCUT2D eigenvalue weighted by Crippen LogP contribution is 2.27. The lowest BCUT2D eigenvalue weighted by molar-refractivity contribution is 0.188. The van der Waals surface area contributed by atoms with Gasteiger partial charge < -0.3 is 14.6 Å². The molecule has 0 atom stereocenters. The van der Waals surface area contributed by atoms with Gasteiger partial charge in [-0.3, -0.25) is 0 Å². The van der Waals surface area contributed by atoms with Crippen LogP contribution in [0, 0.1) is 0 Å². The number of hydrogen-bond donors (Lipinski definition) is 1. The van der Waals surface area contributed by atoms with Crippen molar-refractivity contribution in [3.63, 3.8) is 0 Å². The average molecular weight is 286 g/mol. The van der Waals surface area contributed by atoms with Gasteiger partial charge in [0.15, 0.2) is 0 Å². The lowest BCUT2D eigenvalue weighted by atomic mass is 10.3. The van der Waals surface area contributed by atoms with E-state index in [4.69, 9.17) is 27.9 Å². The van der Waals surface area contributed by atoms with Crippen molar-refractivity contribution in [1.82, 2.24) is 9.55 Å². The van der Waals surface area contributed by atoms with Crippen LogP contribution in [0.3, 0.4) is 0 Å². The summed E-state index contributed by atoms with van der Waals surface area (Å²) >= 11 is 11.9. The topological polar surface area (TPSA) is 39.1 Å². The van der Waals surface area contributed by atoms with Gasteiger partial charge in [-0.2, -0.15) is 0 Å². The van der Waals surface area contributed by atoms with E-state index in [9.17, 15) is 0 Å². The molecule has 0 unspecified atom stereocenters. The van der Waals surface area contributed by atoms with E-state index in [0.29, 0.717) is 16.7 Å². The van der Waals surface area contributed by atoms with Crippen LogP contribution in [-0.4, -0.2) is 23.3 Å². The Hall–Kier alpha value is -1.23. The third kappa shape index (κ3) is 3.16. The predicted octanol–water partition coefficient (Wildman–Crippen LogP) is 3.58. The molecule has 1 aromatic heterocycles. The molecular formula is C12H13Cl2N3O. The fourth-order valence-electron chi connectivity index (χ4n) is 1.51. The van der Waals surface area contributed by atoms with Crippen LogP contribution in [0.4, 0.5) is 11.6 Å². The van der Waals surface area contributed by atoms with Gasteiger partial charge in [0.25, 0.3) is 0 Å². The maximum Gasteiger partial charge on any atom is 0.207 e. The monoisotopic (exact) mass is 285 g/mol. The number of anilines is 2. The summed E-state index contributed by atoms with van der Waals surface area (Å²) < 4.78 is 6.99. The number of nitrogens with one attached hydrogen (secondary N) is 1. The van der Waals surface area contributed by atoms with Crippen molar-refractivity contribution in [3.05, 3.63) is 40.6 Å². The highest BCUT2D eigenvalue weighted by molar-refractivity contribution is 6.36. The van der Waals surface area contributed by atoms with E-state index in [1.54, 1.807) is 25.4 Å². The molecule has 2 aromatic rings. The first-order chi connectivity index (χ1) is 8.70. The van der Waals surface area contributed by atoms with E-state index < -0.39 is 0 Å². The summed E-state index contributed by atoms with van der Waals surface area (Å²) in [6.45, 7) is 1.35. The molecule has 0 radical (unpaired) electrons. The average Bonchev–Trinajstić information content (AvgIpc) is 2.77. The zero-order valence-corrected chi connectivity index (χ0v) is 11.4. The summed E-state index contributed by atoms with van der Waals surface area (Å²) in [6.07, 6.45) is 3.60. The van der Waals surface area contributed by atoms with Gasteiger partial charge in [-0.05, 0) is 18.2 Å². The second-order valence-electron chi connectivity index (χ2n) is 3.69. The van der Waals surface area contributed by atoms with Crippen molar-refractivity contribution < 1.29 is 4.74 Å². The first kappa shape index (κ1) is 13.2. The Morgan fingerprint density at radius 3 is 2.94 bits per heavy atom. The third-order valence-corrected chi connectivity index (χ3v) is 2.98. The molecule has 2 rings (SSSR count). The van der Waals surface area contributed by atoms with E-state index in [1.807, 2.05) is 16.8 Å². The summed E-state index contributed by atoms with van der Waals surface area (Å²) in [5.74, 6) is 0.719. The first-order valence-corrected chi connectivity index (χ1v) is 6.18. The number of rotatable bonds is 5. The zero-order valence-electron chi connectivity index (χ0n) is 9.86. The molecule has 0 spiro atoms. The largest absolute Gasteiger partial charge is 0.383 e. The second-order valence-corrected chi connectivity index (χ2v) is 4.53. The quantitative estimate of drug-likeness (QED) is 0.913. The van der Waals surface area contributed by atoms with Crippen molar-refractivity contribution >= 4 is 34.8 Å². The number of aromatic nitrogens is 2. The fraction of sp³-hybridized carbons (Fsp3) is 0.250. The third-order valence-electron chi connectivity index (χ3n) is 2.43. The van der Waals surface area contributed by atoms with Crippen LogP contribution < -0.4 is 5.32 Å². The SMILES string of the molecule is COCCn1ccnc1Nc1ccc(Cl)cc1Cl. The highest BCUT2D eigenvalue weighted by Gasteiger charge is 2.06. The number of benzene rings is 1. The Bertz CT molecular complexity index is 528. The predicted molar refractivity (Wildman–Crippen MR) is 73.8 cm³/mol. The summed E-state index contributed by atoms with van der Waals surface area (Å²) in [5.41, 5.74) is 0.769. The van der Waals surface area contributed by atoms with Crippen LogP contribution >= 0.6 is 23.2 Å². The molecule has 0 amide bonds. The van der Waals surface area contributed by atoms with E-state index >= 15 is 0 Å². The van der Waals surface area contributed by atoms with Crippen LogP contribution in [0.1, 0.15) is 0 Å². The maximum atomic E-state index is 6.09. The number of halogens is 2. The Morgan fingerprint density at radius 2 is 2.22 bits per heavy atom. The molecule has 18 heavy (non-hydrogen) atoms. The van der Waals surface area contributed by atoms with E-state index in [2.05, 4.69) is 10.3 Å². The van der Waals surface area contributed by atoms with Crippen molar-refractivity contribution in [2.75, 3.05) is 19.0 Å². The van der Waals surface area contributed by atoms with E-state index in [1.165, 1.54) is 0 Å². The minimum atomic E-state index is 0.559. The van der Waals surface area contributed by atoms with Gasteiger partial charge in [0.1, 0.15) is 0 Å². The van der Waals surface area contributed by atoms with E-state index in [0.717, 1.165) is 18.2 Å². The van der Waals surface area contributed by atoms with Gasteiger partial charge in [0, 0.05) is 31.1 Å². The van der Waals surface area contributed by atoms with Gasteiger partial charge in [-0.25, -0.2) is 4.98 Å². The molecule has 0 aliphatic rings. The van der Waals surface area contributed by atoms with Gasteiger partial charge in [-0.15, -0.1) is 0 Å². The van der Waals surface area contributed by atoms with Crippen molar-refractivity contribution in [1.29, 1.82) is 0 Å². The number of ether oxygens (including phenoxy) is 1. The number of hydrogen-bond acceptors (Lipinski definition) is 3. The number of methoxy groups -OCH3 is 1. The molecule has 6 heteroatoms. The zero-order chi connectivity index (χ0) is 13.0. The van der Waals surface area contributed by atoms with Gasteiger partial charge in [-0.1, -0.05) is 23.2 Å². The fourth-order valence-corrected chi connectivity index (χ4v) is 1.97. The Balaban J connectivity index is 2.15. The van der Waals surface area contributed by atoms with Crippen LogP contribution in [0.25, 0.3) is 0 Å². The number of nitrogens with zero attached hydrogens (tertiary/aromatic N) is 2. The normalized spacial score (nSPS) is 10.6. The summed E-state index contributed by atoms with van der Waals surface area (Å²) in [7, 11) is 1.67. The Kier molecular flexibility index (Phi) is 4.47. The number of imidazole rings is 1. The molecule has 1 aromatic carbocycles. The first-order valence-electron chi connectivity index (χ1n) is 5.43. The smallest absolute Gasteiger partial charge is 0.207 e. The lowest BCUT2D eigenvalue weighted by Gasteiger charge is -2.10. The minimum absolute atomic E-state index is 0.559. The minimum Gasteiger partial charge on any atom is -0.383 e. The van der Waals surface area contributed by atoms with E-state index in [-0.39, 0.29) is 0 Å². The lowest BCUT2D eigenvalue weighted by Crippen LogP contribution is -2.07. The molecule has 0 saturated carbocycles. The Morgan fingerprint density at radius 1 is 1.39 bits per heavy atom. The molecule has 0 bridgehead atoms. The molecule has 0 aliphatic carbocycles. The molecule has 96 valence electrons.